The number of halogens is 1. The van der Waals surface area contributed by atoms with E-state index in [0.717, 1.165) is 0 Å². The largest absolute Gasteiger partial charge is 0.491 e. The van der Waals surface area contributed by atoms with Gasteiger partial charge in [-0.25, -0.2) is 14.1 Å². The van der Waals surface area contributed by atoms with Crippen LogP contribution < -0.4 is 10.5 Å². The Morgan fingerprint density at radius 2 is 2.22 bits per heavy atom. The zero-order valence-electron chi connectivity index (χ0n) is 10.4. The normalized spacial score (nSPS) is 10.7. The first-order valence-corrected chi connectivity index (χ1v) is 5.68. The lowest BCUT2D eigenvalue weighted by atomic mass is 10.2. The van der Waals surface area contributed by atoms with E-state index >= 15 is 0 Å². The van der Waals surface area contributed by atoms with Crippen molar-refractivity contribution in [1.82, 2.24) is 14.8 Å². The molecule has 0 aliphatic rings. The van der Waals surface area contributed by atoms with E-state index in [9.17, 15) is 4.39 Å². The molecule has 0 aliphatic carbocycles. The fourth-order valence-corrected chi connectivity index (χ4v) is 1.69. The minimum absolute atomic E-state index is 0.238. The molecule has 5 nitrogen and oxygen atoms in total. The first-order chi connectivity index (χ1) is 8.65. The number of rotatable bonds is 4. The molecule has 0 bridgehead atoms. The summed E-state index contributed by atoms with van der Waals surface area (Å²) in [4.78, 5) is 4.23. The van der Waals surface area contributed by atoms with Gasteiger partial charge in [0.15, 0.2) is 23.2 Å². The first kappa shape index (κ1) is 12.5. The van der Waals surface area contributed by atoms with E-state index in [4.69, 9.17) is 10.5 Å². The van der Waals surface area contributed by atoms with Crippen LogP contribution in [0.5, 0.6) is 5.75 Å². The van der Waals surface area contributed by atoms with Crippen LogP contribution in [0.2, 0.25) is 0 Å². The summed E-state index contributed by atoms with van der Waals surface area (Å²) in [7, 11) is 1.75. The van der Waals surface area contributed by atoms with E-state index in [2.05, 4.69) is 10.1 Å². The van der Waals surface area contributed by atoms with E-state index in [0.29, 0.717) is 23.8 Å². The maximum atomic E-state index is 13.7. The molecule has 0 saturated heterocycles. The van der Waals surface area contributed by atoms with Crippen molar-refractivity contribution in [3.05, 3.63) is 29.8 Å². The Hall–Kier alpha value is -1.95. The van der Waals surface area contributed by atoms with Gasteiger partial charge < -0.3 is 10.5 Å². The van der Waals surface area contributed by atoms with Crippen molar-refractivity contribution in [2.75, 3.05) is 6.61 Å². The van der Waals surface area contributed by atoms with Crippen molar-refractivity contribution in [1.29, 1.82) is 0 Å². The number of hydrogen-bond donors (Lipinski definition) is 1. The summed E-state index contributed by atoms with van der Waals surface area (Å²) in [6.45, 7) is 2.49. The van der Waals surface area contributed by atoms with Gasteiger partial charge in [-0.2, -0.15) is 5.10 Å². The second-order valence-electron chi connectivity index (χ2n) is 3.76. The highest BCUT2D eigenvalue weighted by atomic mass is 19.1. The van der Waals surface area contributed by atoms with Gasteiger partial charge in [0.2, 0.25) is 0 Å². The van der Waals surface area contributed by atoms with Crippen LogP contribution in [-0.4, -0.2) is 21.4 Å². The van der Waals surface area contributed by atoms with Crippen molar-refractivity contribution < 1.29 is 9.13 Å². The SMILES string of the molecule is CCOc1ccc(-c2nc(CN)nn2C)cc1F. The lowest BCUT2D eigenvalue weighted by Gasteiger charge is -2.06. The average molecular weight is 250 g/mol. The minimum atomic E-state index is -0.411. The Bertz CT molecular complexity index is 553. The molecule has 2 N–H and O–H groups in total. The van der Waals surface area contributed by atoms with E-state index in [1.807, 2.05) is 6.92 Å². The molecule has 0 atom stereocenters. The molecule has 18 heavy (non-hydrogen) atoms. The van der Waals surface area contributed by atoms with Crippen molar-refractivity contribution in [2.45, 2.75) is 13.5 Å². The third-order valence-corrected chi connectivity index (χ3v) is 2.48. The standard InChI is InChI=1S/C12H15FN4O/c1-3-18-10-5-4-8(6-9(10)13)12-15-11(7-14)16-17(12)2/h4-6H,3,7,14H2,1-2H3. The van der Waals surface area contributed by atoms with Gasteiger partial charge in [0.25, 0.3) is 0 Å². The fourth-order valence-electron chi connectivity index (χ4n) is 1.69. The molecule has 0 fully saturated rings. The molecule has 1 aromatic heterocycles. The zero-order chi connectivity index (χ0) is 13.1. The Kier molecular flexibility index (Phi) is 3.57. The summed E-state index contributed by atoms with van der Waals surface area (Å²) < 4.78 is 20.5. The summed E-state index contributed by atoms with van der Waals surface area (Å²) in [5.41, 5.74) is 6.12. The van der Waals surface area contributed by atoms with Crippen LogP contribution in [-0.2, 0) is 13.6 Å². The molecule has 96 valence electrons. The van der Waals surface area contributed by atoms with E-state index in [1.54, 1.807) is 23.9 Å². The predicted octanol–water partition coefficient (Wildman–Crippen LogP) is 1.48. The molecule has 0 unspecified atom stereocenters. The molecular formula is C12H15FN4O. The first-order valence-electron chi connectivity index (χ1n) is 5.68. The summed E-state index contributed by atoms with van der Waals surface area (Å²) >= 11 is 0. The quantitative estimate of drug-likeness (QED) is 0.892. The highest BCUT2D eigenvalue weighted by molar-refractivity contribution is 5.57. The van der Waals surface area contributed by atoms with Crippen LogP contribution in [0.1, 0.15) is 12.7 Å². The van der Waals surface area contributed by atoms with Crippen molar-refractivity contribution in [2.24, 2.45) is 12.8 Å². The molecule has 2 rings (SSSR count). The van der Waals surface area contributed by atoms with Crippen molar-refractivity contribution >= 4 is 0 Å². The highest BCUT2D eigenvalue weighted by Crippen LogP contribution is 2.24. The molecule has 0 radical (unpaired) electrons. The Morgan fingerprint density at radius 3 is 2.78 bits per heavy atom. The van der Waals surface area contributed by atoms with Crippen molar-refractivity contribution in [3.8, 4) is 17.1 Å². The van der Waals surface area contributed by atoms with E-state index in [1.165, 1.54) is 6.07 Å². The summed E-state index contributed by atoms with van der Waals surface area (Å²) in [5.74, 6) is 0.938. The molecular weight excluding hydrogens is 235 g/mol. The second-order valence-corrected chi connectivity index (χ2v) is 3.76. The monoisotopic (exact) mass is 250 g/mol. The Morgan fingerprint density at radius 1 is 1.44 bits per heavy atom. The fraction of sp³-hybridized carbons (Fsp3) is 0.333. The zero-order valence-corrected chi connectivity index (χ0v) is 10.4. The third-order valence-electron chi connectivity index (χ3n) is 2.48. The maximum absolute atomic E-state index is 13.7. The Labute approximate surface area is 104 Å². The van der Waals surface area contributed by atoms with Gasteiger partial charge in [-0.3, -0.25) is 0 Å². The topological polar surface area (TPSA) is 66.0 Å². The summed E-state index contributed by atoms with van der Waals surface area (Å²) in [5, 5.41) is 4.12. The molecule has 1 aromatic carbocycles. The smallest absolute Gasteiger partial charge is 0.165 e. The van der Waals surface area contributed by atoms with Gasteiger partial charge >= 0.3 is 0 Å². The van der Waals surface area contributed by atoms with Gasteiger partial charge in [0.1, 0.15) is 0 Å². The number of aryl methyl sites for hydroxylation is 1. The third kappa shape index (κ3) is 2.33. The van der Waals surface area contributed by atoms with Crippen LogP contribution >= 0.6 is 0 Å². The van der Waals surface area contributed by atoms with E-state index in [-0.39, 0.29) is 12.3 Å². The van der Waals surface area contributed by atoms with Gasteiger partial charge in [-0.1, -0.05) is 0 Å². The lowest BCUT2D eigenvalue weighted by Crippen LogP contribution is -1.99. The number of ether oxygens (including phenoxy) is 1. The number of nitrogens with zero attached hydrogens (tertiary/aromatic N) is 3. The highest BCUT2D eigenvalue weighted by Gasteiger charge is 2.11. The molecule has 2 aromatic rings. The number of aromatic nitrogens is 3. The molecule has 0 saturated carbocycles. The molecule has 0 aliphatic heterocycles. The van der Waals surface area contributed by atoms with Gasteiger partial charge in [-0.15, -0.1) is 0 Å². The molecule has 0 amide bonds. The number of benzene rings is 1. The Balaban J connectivity index is 2.38. The average Bonchev–Trinajstić information content (AvgIpc) is 2.73. The minimum Gasteiger partial charge on any atom is -0.491 e. The van der Waals surface area contributed by atoms with Crippen LogP contribution in [0, 0.1) is 5.82 Å². The van der Waals surface area contributed by atoms with Crippen LogP contribution in [0.25, 0.3) is 11.4 Å². The predicted molar refractivity (Wildman–Crippen MR) is 65.5 cm³/mol. The molecule has 6 heteroatoms. The van der Waals surface area contributed by atoms with Crippen LogP contribution in [0.3, 0.4) is 0 Å². The van der Waals surface area contributed by atoms with Crippen LogP contribution in [0.15, 0.2) is 18.2 Å². The second kappa shape index (κ2) is 5.14. The van der Waals surface area contributed by atoms with Gasteiger partial charge in [0, 0.05) is 12.6 Å². The van der Waals surface area contributed by atoms with Gasteiger partial charge in [0.05, 0.1) is 13.2 Å². The lowest BCUT2D eigenvalue weighted by molar-refractivity contribution is 0.321. The summed E-state index contributed by atoms with van der Waals surface area (Å²) in [6, 6.07) is 4.72. The van der Waals surface area contributed by atoms with Crippen molar-refractivity contribution in [3.63, 3.8) is 0 Å². The van der Waals surface area contributed by atoms with Crippen LogP contribution in [0.4, 0.5) is 4.39 Å². The van der Waals surface area contributed by atoms with E-state index < -0.39 is 5.82 Å². The molecule has 1 heterocycles. The number of nitrogens with two attached hydrogens (primary N) is 1. The molecule has 0 spiro atoms. The van der Waals surface area contributed by atoms with Gasteiger partial charge in [-0.05, 0) is 25.1 Å². The number of hydrogen-bond acceptors (Lipinski definition) is 4. The summed E-state index contributed by atoms with van der Waals surface area (Å²) in [6.07, 6.45) is 0. The maximum Gasteiger partial charge on any atom is 0.165 e.